The molecule has 1 amide bonds. The first-order valence-corrected chi connectivity index (χ1v) is 4.96. The summed E-state index contributed by atoms with van der Waals surface area (Å²) in [5.41, 5.74) is 0.958. The number of carbonyl (C=O) groups is 2. The van der Waals surface area contributed by atoms with Gasteiger partial charge in [-0.05, 0) is 13.3 Å². The summed E-state index contributed by atoms with van der Waals surface area (Å²) in [4.78, 5) is 21.9. The van der Waals surface area contributed by atoms with Gasteiger partial charge in [-0.1, -0.05) is 0 Å². The Hall–Kier alpha value is -1.32. The van der Waals surface area contributed by atoms with Crippen LogP contribution in [0.3, 0.4) is 0 Å². The van der Waals surface area contributed by atoms with Gasteiger partial charge in [-0.25, -0.2) is 0 Å². The summed E-state index contributed by atoms with van der Waals surface area (Å²) < 4.78 is 0. The van der Waals surface area contributed by atoms with Crippen LogP contribution in [0, 0.1) is 0 Å². The number of carbonyl (C=O) groups excluding carboxylic acids is 2. The Morgan fingerprint density at radius 3 is 2.86 bits per heavy atom. The predicted molar refractivity (Wildman–Crippen MR) is 53.6 cm³/mol. The van der Waals surface area contributed by atoms with Crippen LogP contribution < -0.4 is 10.6 Å². The molecule has 4 nitrogen and oxygen atoms in total. The number of allylic oxidation sites excluding steroid dienone is 2. The predicted octanol–water partition coefficient (Wildman–Crippen LogP) is 0.349. The Balaban J connectivity index is 2.12. The van der Waals surface area contributed by atoms with Crippen molar-refractivity contribution in [2.24, 2.45) is 0 Å². The van der Waals surface area contributed by atoms with Crippen molar-refractivity contribution in [3.8, 4) is 0 Å². The van der Waals surface area contributed by atoms with E-state index in [0.717, 1.165) is 12.1 Å². The summed E-state index contributed by atoms with van der Waals surface area (Å²) in [5.74, 6) is 0.218. The number of amides is 1. The third kappa shape index (κ3) is 3.60. The Bertz CT molecular complexity index is 259. The topological polar surface area (TPSA) is 58.2 Å². The highest BCUT2D eigenvalue weighted by Gasteiger charge is 2.11. The lowest BCUT2D eigenvalue weighted by Gasteiger charge is -2.05. The normalized spacial score (nSPS) is 15.2. The summed E-state index contributed by atoms with van der Waals surface area (Å²) in [6, 6.07) is 0. The van der Waals surface area contributed by atoms with Crippen molar-refractivity contribution in [2.45, 2.75) is 26.2 Å². The summed E-state index contributed by atoms with van der Waals surface area (Å²) >= 11 is 0. The van der Waals surface area contributed by atoms with Gasteiger partial charge in [-0.2, -0.15) is 0 Å². The van der Waals surface area contributed by atoms with Crippen LogP contribution in [-0.2, 0) is 9.59 Å². The minimum atomic E-state index is 0.0462. The summed E-state index contributed by atoms with van der Waals surface area (Å²) in [5, 5.41) is 5.80. The van der Waals surface area contributed by atoms with Gasteiger partial charge in [0.15, 0.2) is 5.78 Å². The molecule has 0 saturated heterocycles. The lowest BCUT2D eigenvalue weighted by Crippen LogP contribution is -2.26. The van der Waals surface area contributed by atoms with Crippen LogP contribution in [0.5, 0.6) is 0 Å². The quantitative estimate of drug-likeness (QED) is 0.667. The van der Waals surface area contributed by atoms with Crippen molar-refractivity contribution in [1.82, 2.24) is 10.6 Å². The van der Waals surface area contributed by atoms with Crippen LogP contribution in [0.4, 0.5) is 0 Å². The molecule has 0 aromatic carbocycles. The second-order valence-corrected chi connectivity index (χ2v) is 3.27. The molecular weight excluding hydrogens is 180 g/mol. The molecule has 1 aliphatic carbocycles. The van der Waals surface area contributed by atoms with E-state index in [-0.39, 0.29) is 11.7 Å². The second kappa shape index (κ2) is 5.42. The molecule has 0 unspecified atom stereocenters. The molecule has 4 heteroatoms. The zero-order valence-electron chi connectivity index (χ0n) is 8.43. The van der Waals surface area contributed by atoms with Crippen molar-refractivity contribution in [2.75, 3.05) is 13.1 Å². The molecule has 0 bridgehead atoms. The van der Waals surface area contributed by atoms with Crippen molar-refractivity contribution >= 4 is 11.7 Å². The monoisotopic (exact) mass is 196 g/mol. The van der Waals surface area contributed by atoms with Gasteiger partial charge in [-0.3, -0.25) is 9.59 Å². The number of nitrogens with one attached hydrogen (secondary N) is 2. The number of ketones is 1. The van der Waals surface area contributed by atoms with E-state index in [4.69, 9.17) is 0 Å². The number of rotatable bonds is 5. The van der Waals surface area contributed by atoms with Crippen LogP contribution in [0.1, 0.15) is 26.2 Å². The van der Waals surface area contributed by atoms with Gasteiger partial charge >= 0.3 is 0 Å². The van der Waals surface area contributed by atoms with Gasteiger partial charge in [0.2, 0.25) is 5.91 Å². The highest BCUT2D eigenvalue weighted by atomic mass is 16.1. The molecule has 14 heavy (non-hydrogen) atoms. The Labute approximate surface area is 83.8 Å². The fourth-order valence-corrected chi connectivity index (χ4v) is 1.36. The van der Waals surface area contributed by atoms with E-state index < -0.39 is 0 Å². The Morgan fingerprint density at radius 1 is 1.50 bits per heavy atom. The molecule has 2 N–H and O–H groups in total. The van der Waals surface area contributed by atoms with Crippen molar-refractivity contribution in [1.29, 1.82) is 0 Å². The van der Waals surface area contributed by atoms with E-state index in [1.165, 1.54) is 0 Å². The van der Waals surface area contributed by atoms with E-state index in [1.54, 1.807) is 6.08 Å². The van der Waals surface area contributed by atoms with E-state index >= 15 is 0 Å². The molecule has 0 heterocycles. The molecule has 78 valence electrons. The molecule has 0 aromatic rings. The first-order valence-electron chi connectivity index (χ1n) is 4.96. The molecule has 0 fully saturated rings. The lowest BCUT2D eigenvalue weighted by molar-refractivity contribution is -0.120. The Kier molecular flexibility index (Phi) is 4.16. The SMILES string of the molecule is CCNC(=O)CCNC1=CC(=O)CC1. The van der Waals surface area contributed by atoms with Crippen LogP contribution in [-0.4, -0.2) is 24.8 Å². The van der Waals surface area contributed by atoms with Gasteiger partial charge in [-0.15, -0.1) is 0 Å². The first kappa shape index (κ1) is 10.8. The maximum atomic E-state index is 11.0. The third-order valence-electron chi connectivity index (χ3n) is 2.05. The van der Waals surface area contributed by atoms with Crippen LogP contribution in [0.25, 0.3) is 0 Å². The first-order chi connectivity index (χ1) is 6.72. The molecule has 0 atom stereocenters. The zero-order chi connectivity index (χ0) is 10.4. The molecule has 0 aromatic heterocycles. The fraction of sp³-hybridized carbons (Fsp3) is 0.600. The van der Waals surface area contributed by atoms with Crippen molar-refractivity contribution in [3.63, 3.8) is 0 Å². The molecular formula is C10H16N2O2. The van der Waals surface area contributed by atoms with Crippen molar-refractivity contribution in [3.05, 3.63) is 11.8 Å². The minimum absolute atomic E-state index is 0.0462. The van der Waals surface area contributed by atoms with Crippen LogP contribution in [0.2, 0.25) is 0 Å². The van der Waals surface area contributed by atoms with Gasteiger partial charge in [0.1, 0.15) is 0 Å². The maximum absolute atomic E-state index is 11.0. The standard InChI is InChI=1S/C10H16N2O2/c1-2-11-10(14)5-6-12-8-3-4-9(13)7-8/h7,12H,2-6H2,1H3,(H,11,14). The van der Waals surface area contributed by atoms with Gasteiger partial charge in [0, 0.05) is 37.7 Å². The smallest absolute Gasteiger partial charge is 0.221 e. The lowest BCUT2D eigenvalue weighted by atomic mass is 10.3. The van der Waals surface area contributed by atoms with Crippen LogP contribution >= 0.6 is 0 Å². The van der Waals surface area contributed by atoms with Crippen LogP contribution in [0.15, 0.2) is 11.8 Å². The summed E-state index contributed by atoms with van der Waals surface area (Å²) in [6.45, 7) is 3.16. The molecule has 1 aliphatic rings. The van der Waals surface area contributed by atoms with Gasteiger partial charge in [0.05, 0.1) is 0 Å². The van der Waals surface area contributed by atoms with E-state index in [9.17, 15) is 9.59 Å². The zero-order valence-corrected chi connectivity index (χ0v) is 8.43. The molecule has 0 aliphatic heterocycles. The van der Waals surface area contributed by atoms with Gasteiger partial charge in [0.25, 0.3) is 0 Å². The number of hydrogen-bond donors (Lipinski definition) is 2. The average molecular weight is 196 g/mol. The molecule has 0 saturated carbocycles. The number of hydrogen-bond acceptors (Lipinski definition) is 3. The largest absolute Gasteiger partial charge is 0.388 e. The molecule has 0 radical (unpaired) electrons. The van der Waals surface area contributed by atoms with E-state index in [2.05, 4.69) is 10.6 Å². The fourth-order valence-electron chi connectivity index (χ4n) is 1.36. The minimum Gasteiger partial charge on any atom is -0.388 e. The van der Waals surface area contributed by atoms with E-state index in [1.807, 2.05) is 6.92 Å². The van der Waals surface area contributed by atoms with E-state index in [0.29, 0.717) is 25.9 Å². The highest BCUT2D eigenvalue weighted by Crippen LogP contribution is 2.11. The van der Waals surface area contributed by atoms with Gasteiger partial charge < -0.3 is 10.6 Å². The molecule has 1 rings (SSSR count). The molecule has 0 spiro atoms. The Morgan fingerprint density at radius 2 is 2.29 bits per heavy atom. The third-order valence-corrected chi connectivity index (χ3v) is 2.05. The average Bonchev–Trinajstić information content (AvgIpc) is 2.52. The summed E-state index contributed by atoms with van der Waals surface area (Å²) in [7, 11) is 0. The van der Waals surface area contributed by atoms with Crippen molar-refractivity contribution < 1.29 is 9.59 Å². The summed E-state index contributed by atoms with van der Waals surface area (Å²) in [6.07, 6.45) is 3.47. The second-order valence-electron chi connectivity index (χ2n) is 3.27. The maximum Gasteiger partial charge on any atom is 0.221 e. The highest BCUT2D eigenvalue weighted by molar-refractivity contribution is 5.92.